The number of carboxylic acids is 1. The zero-order valence-electron chi connectivity index (χ0n) is 17.0. The van der Waals surface area contributed by atoms with E-state index in [9.17, 15) is 14.0 Å². The lowest BCUT2D eigenvalue weighted by Crippen LogP contribution is -2.32. The lowest BCUT2D eigenvalue weighted by atomic mass is 9.99. The fourth-order valence-corrected chi connectivity index (χ4v) is 2.64. The van der Waals surface area contributed by atoms with Crippen LogP contribution in [0.15, 0.2) is 36.4 Å². The summed E-state index contributed by atoms with van der Waals surface area (Å²) in [4.78, 5) is 23.2. The van der Waals surface area contributed by atoms with E-state index in [0.29, 0.717) is 23.5 Å². The summed E-state index contributed by atoms with van der Waals surface area (Å²) in [5.74, 6) is -1.59. The van der Waals surface area contributed by atoms with Crippen molar-refractivity contribution >= 4 is 12.1 Å². The zero-order chi connectivity index (χ0) is 21.6. The molecule has 0 heterocycles. The van der Waals surface area contributed by atoms with E-state index in [2.05, 4.69) is 5.32 Å². The second kappa shape index (κ2) is 9.41. The Morgan fingerprint density at radius 2 is 1.90 bits per heavy atom. The average Bonchev–Trinajstić information content (AvgIpc) is 2.63. The molecular formula is C22H26FNO5. The maximum Gasteiger partial charge on any atom is 0.407 e. The number of hydrogen-bond donors (Lipinski definition) is 2. The number of carbonyl (C=O) groups is 2. The fourth-order valence-electron chi connectivity index (χ4n) is 2.64. The van der Waals surface area contributed by atoms with Crippen molar-refractivity contribution in [3.8, 4) is 16.9 Å². The van der Waals surface area contributed by atoms with Crippen molar-refractivity contribution in [2.45, 2.75) is 46.3 Å². The largest absolute Gasteiger partial charge is 0.493 e. The molecule has 0 spiro atoms. The van der Waals surface area contributed by atoms with Crippen molar-refractivity contribution < 1.29 is 28.6 Å². The third-order valence-corrected chi connectivity index (χ3v) is 3.88. The van der Waals surface area contributed by atoms with Crippen LogP contribution in [0.3, 0.4) is 0 Å². The summed E-state index contributed by atoms with van der Waals surface area (Å²) in [7, 11) is 0. The maximum absolute atomic E-state index is 14.6. The Labute approximate surface area is 169 Å². The lowest BCUT2D eigenvalue weighted by Gasteiger charge is -2.20. The van der Waals surface area contributed by atoms with Crippen molar-refractivity contribution in [1.29, 1.82) is 0 Å². The number of rotatable bonds is 7. The Bertz CT molecular complexity index is 889. The molecule has 29 heavy (non-hydrogen) atoms. The van der Waals surface area contributed by atoms with Crippen LogP contribution < -0.4 is 10.1 Å². The van der Waals surface area contributed by atoms with E-state index in [0.717, 1.165) is 6.42 Å². The van der Waals surface area contributed by atoms with Gasteiger partial charge in [0.15, 0.2) is 0 Å². The smallest absolute Gasteiger partial charge is 0.407 e. The number of hydrogen-bond acceptors (Lipinski definition) is 4. The van der Waals surface area contributed by atoms with E-state index in [1.54, 1.807) is 39.0 Å². The minimum atomic E-state index is -1.33. The van der Waals surface area contributed by atoms with Crippen LogP contribution in [0, 0.1) is 5.82 Å². The first-order chi connectivity index (χ1) is 13.6. The molecule has 0 aromatic heterocycles. The molecule has 0 saturated heterocycles. The molecule has 0 aliphatic rings. The van der Waals surface area contributed by atoms with Gasteiger partial charge in [-0.1, -0.05) is 25.1 Å². The molecule has 156 valence electrons. The molecule has 2 aromatic rings. The highest BCUT2D eigenvalue weighted by atomic mass is 19.1. The van der Waals surface area contributed by atoms with Crippen LogP contribution in [0.25, 0.3) is 11.1 Å². The van der Waals surface area contributed by atoms with Gasteiger partial charge in [-0.2, -0.15) is 0 Å². The first kappa shape index (κ1) is 22.2. The molecule has 0 bridgehead atoms. The van der Waals surface area contributed by atoms with E-state index in [1.165, 1.54) is 18.2 Å². The highest BCUT2D eigenvalue weighted by Gasteiger charge is 2.18. The topological polar surface area (TPSA) is 84.9 Å². The van der Waals surface area contributed by atoms with E-state index in [-0.39, 0.29) is 12.1 Å². The van der Waals surface area contributed by atoms with Gasteiger partial charge in [-0.3, -0.25) is 0 Å². The van der Waals surface area contributed by atoms with Gasteiger partial charge in [-0.25, -0.2) is 14.0 Å². The summed E-state index contributed by atoms with van der Waals surface area (Å²) in [6, 6.07) is 9.23. The van der Waals surface area contributed by atoms with Gasteiger partial charge in [-0.05, 0) is 51.0 Å². The van der Waals surface area contributed by atoms with Gasteiger partial charge in [0.05, 0.1) is 12.2 Å². The Morgan fingerprint density at radius 3 is 2.52 bits per heavy atom. The highest BCUT2D eigenvalue weighted by molar-refractivity contribution is 5.90. The number of carbonyl (C=O) groups excluding carboxylic acids is 1. The quantitative estimate of drug-likeness (QED) is 0.679. The number of amides is 1. The van der Waals surface area contributed by atoms with Crippen molar-refractivity contribution in [3.63, 3.8) is 0 Å². The molecule has 0 atom stereocenters. The minimum Gasteiger partial charge on any atom is -0.493 e. The molecule has 7 heteroatoms. The molecule has 0 unspecified atom stereocenters. The highest BCUT2D eigenvalue weighted by Crippen LogP contribution is 2.30. The van der Waals surface area contributed by atoms with Gasteiger partial charge in [-0.15, -0.1) is 0 Å². The van der Waals surface area contributed by atoms with Gasteiger partial charge in [0, 0.05) is 17.7 Å². The molecule has 2 rings (SSSR count). The van der Waals surface area contributed by atoms with Gasteiger partial charge in [0.25, 0.3) is 0 Å². The summed E-state index contributed by atoms with van der Waals surface area (Å²) in [6.07, 6.45) is 0.221. The predicted molar refractivity (Wildman–Crippen MR) is 108 cm³/mol. The molecule has 1 amide bonds. The second-order valence-electron chi connectivity index (χ2n) is 7.50. The Morgan fingerprint density at radius 1 is 1.17 bits per heavy atom. The molecule has 0 aliphatic heterocycles. The van der Waals surface area contributed by atoms with Gasteiger partial charge in [0.2, 0.25) is 0 Å². The molecule has 0 fully saturated rings. The number of carboxylic acid groups (broad SMARTS) is 1. The number of benzene rings is 2. The molecule has 0 radical (unpaired) electrons. The van der Waals surface area contributed by atoms with Crippen LogP contribution in [-0.4, -0.2) is 29.4 Å². The molecule has 2 N–H and O–H groups in total. The molecule has 0 aliphatic carbocycles. The van der Waals surface area contributed by atoms with Crippen LogP contribution in [0.2, 0.25) is 0 Å². The van der Waals surface area contributed by atoms with E-state index >= 15 is 0 Å². The number of ether oxygens (including phenoxy) is 2. The van der Waals surface area contributed by atoms with Crippen molar-refractivity contribution in [2.75, 3.05) is 6.61 Å². The number of nitrogens with one attached hydrogen (secondary N) is 1. The van der Waals surface area contributed by atoms with E-state index < -0.39 is 29.0 Å². The SMILES string of the molecule is CCCOc1ccc(-c2cccc(C(=O)O)c2F)cc1CNC(=O)OC(C)(C)C. The lowest BCUT2D eigenvalue weighted by molar-refractivity contribution is 0.0522. The summed E-state index contributed by atoms with van der Waals surface area (Å²) in [5.41, 5.74) is 0.235. The second-order valence-corrected chi connectivity index (χ2v) is 7.50. The fraction of sp³-hybridized carbons (Fsp3) is 0.364. The normalized spacial score (nSPS) is 11.1. The summed E-state index contributed by atoms with van der Waals surface area (Å²) in [6.45, 7) is 7.87. The van der Waals surface area contributed by atoms with Gasteiger partial charge < -0.3 is 19.9 Å². The predicted octanol–water partition coefficient (Wildman–Crippen LogP) is 5.00. The third kappa shape index (κ3) is 6.20. The Kier molecular flexibility index (Phi) is 7.20. The Hall–Kier alpha value is -3.09. The van der Waals surface area contributed by atoms with Crippen LogP contribution in [0.4, 0.5) is 9.18 Å². The summed E-state index contributed by atoms with van der Waals surface area (Å²) >= 11 is 0. The summed E-state index contributed by atoms with van der Waals surface area (Å²) < 4.78 is 25.6. The zero-order valence-corrected chi connectivity index (χ0v) is 17.0. The average molecular weight is 403 g/mol. The third-order valence-electron chi connectivity index (χ3n) is 3.88. The van der Waals surface area contributed by atoms with Gasteiger partial charge in [0.1, 0.15) is 17.2 Å². The van der Waals surface area contributed by atoms with Gasteiger partial charge >= 0.3 is 12.1 Å². The summed E-state index contributed by atoms with van der Waals surface area (Å²) in [5, 5.41) is 11.8. The first-order valence-electron chi connectivity index (χ1n) is 9.37. The molecule has 6 nitrogen and oxygen atoms in total. The molecular weight excluding hydrogens is 377 g/mol. The standard InChI is InChI=1S/C22H26FNO5/c1-5-11-28-18-10-9-14(16-7-6-8-17(19(16)23)20(25)26)12-15(18)13-24-21(27)29-22(2,3)4/h6-10,12H,5,11,13H2,1-4H3,(H,24,27)(H,25,26). The maximum atomic E-state index is 14.6. The molecule has 0 saturated carbocycles. The van der Waals surface area contributed by atoms with Crippen molar-refractivity contribution in [1.82, 2.24) is 5.32 Å². The van der Waals surface area contributed by atoms with Crippen molar-refractivity contribution in [3.05, 3.63) is 53.3 Å². The monoisotopic (exact) mass is 403 g/mol. The van der Waals surface area contributed by atoms with Crippen LogP contribution in [0.1, 0.15) is 50.0 Å². The van der Waals surface area contributed by atoms with E-state index in [1.807, 2.05) is 6.92 Å². The van der Waals surface area contributed by atoms with Crippen LogP contribution >= 0.6 is 0 Å². The van der Waals surface area contributed by atoms with Crippen LogP contribution in [-0.2, 0) is 11.3 Å². The Balaban J connectivity index is 2.35. The van der Waals surface area contributed by atoms with Crippen molar-refractivity contribution in [2.24, 2.45) is 0 Å². The number of halogens is 1. The molecule has 2 aromatic carbocycles. The minimum absolute atomic E-state index is 0.113. The van der Waals surface area contributed by atoms with Crippen LogP contribution in [0.5, 0.6) is 5.75 Å². The first-order valence-corrected chi connectivity index (χ1v) is 9.37. The number of aromatic carboxylic acids is 1. The van der Waals surface area contributed by atoms with E-state index in [4.69, 9.17) is 14.6 Å². The number of alkyl carbamates (subject to hydrolysis) is 1.